The molecule has 0 aromatic heterocycles. The van der Waals surface area contributed by atoms with E-state index in [0.717, 1.165) is 12.1 Å². The molecule has 1 atom stereocenters. The Bertz CT molecular complexity index is 957. The zero-order chi connectivity index (χ0) is 21.2. The lowest BCUT2D eigenvalue weighted by molar-refractivity contribution is -0.147. The molecule has 2 aromatic rings. The Morgan fingerprint density at radius 3 is 2.45 bits per heavy atom. The third kappa shape index (κ3) is 3.96. The fourth-order valence-electron chi connectivity index (χ4n) is 3.15. The monoisotopic (exact) mass is 404 g/mol. The lowest BCUT2D eigenvalue weighted by Crippen LogP contribution is -2.51. The molecule has 0 fully saturated rings. The fraction of sp³-hybridized carbons (Fsp3) is 0.238. The van der Waals surface area contributed by atoms with Gasteiger partial charge in [0, 0.05) is 11.4 Å². The summed E-state index contributed by atoms with van der Waals surface area (Å²) in [6.45, 7) is 3.29. The highest BCUT2D eigenvalue weighted by Gasteiger charge is 2.49. The van der Waals surface area contributed by atoms with Crippen LogP contribution in [-0.4, -0.2) is 24.0 Å². The van der Waals surface area contributed by atoms with Gasteiger partial charge in [-0.05, 0) is 50.3 Å². The lowest BCUT2D eigenvalue weighted by atomic mass is 10.0. The molecule has 1 N–H and O–H groups in total. The summed E-state index contributed by atoms with van der Waals surface area (Å²) in [5, 5.41) is 2.72. The van der Waals surface area contributed by atoms with Crippen molar-refractivity contribution in [1.82, 2.24) is 0 Å². The number of carbonyl (C=O) groups excluding carboxylic acids is 2. The summed E-state index contributed by atoms with van der Waals surface area (Å²) in [5.74, 6) is -1.19. The quantitative estimate of drug-likeness (QED) is 0.752. The molecule has 5 nitrogen and oxygen atoms in total. The minimum atomic E-state index is -4.51. The Hall–Kier alpha value is -3.29. The Morgan fingerprint density at radius 2 is 1.83 bits per heavy atom. The second-order valence-electron chi connectivity index (χ2n) is 6.61. The number of amides is 1. The van der Waals surface area contributed by atoms with Gasteiger partial charge < -0.3 is 10.1 Å². The fourth-order valence-corrected chi connectivity index (χ4v) is 3.15. The van der Waals surface area contributed by atoms with Crippen LogP contribution in [0.4, 0.5) is 24.5 Å². The smallest absolute Gasteiger partial charge is 0.416 e. The van der Waals surface area contributed by atoms with Crippen LogP contribution in [-0.2, 0) is 20.5 Å². The molecule has 1 aliphatic heterocycles. The average Bonchev–Trinajstić information content (AvgIpc) is 2.93. The second kappa shape index (κ2) is 7.62. The number of para-hydroxylation sites is 1. The van der Waals surface area contributed by atoms with Crippen LogP contribution in [0.5, 0.6) is 0 Å². The van der Waals surface area contributed by atoms with Gasteiger partial charge >= 0.3 is 12.1 Å². The Labute approximate surface area is 165 Å². The summed E-state index contributed by atoms with van der Waals surface area (Å²) < 4.78 is 44.1. The number of esters is 1. The number of carbonyl (C=O) groups is 2. The van der Waals surface area contributed by atoms with E-state index in [-0.39, 0.29) is 18.0 Å². The van der Waals surface area contributed by atoms with E-state index in [4.69, 9.17) is 4.74 Å². The van der Waals surface area contributed by atoms with Gasteiger partial charge in [0.25, 0.3) is 5.91 Å². The number of rotatable bonds is 5. The third-order valence-corrected chi connectivity index (χ3v) is 4.50. The van der Waals surface area contributed by atoms with E-state index < -0.39 is 29.2 Å². The Kier molecular flexibility index (Phi) is 5.37. The van der Waals surface area contributed by atoms with E-state index in [2.05, 4.69) is 5.32 Å². The largest absolute Gasteiger partial charge is 0.464 e. The third-order valence-electron chi connectivity index (χ3n) is 4.50. The maximum Gasteiger partial charge on any atom is 0.416 e. The van der Waals surface area contributed by atoms with Crippen LogP contribution in [0.3, 0.4) is 0 Å². The second-order valence-corrected chi connectivity index (χ2v) is 6.61. The van der Waals surface area contributed by atoms with Crippen molar-refractivity contribution in [2.75, 3.05) is 16.8 Å². The summed E-state index contributed by atoms with van der Waals surface area (Å²) in [6.07, 6.45) is -3.14. The molecule has 0 radical (unpaired) electrons. The number of hydrogen-bond donors (Lipinski definition) is 1. The molecule has 152 valence electrons. The van der Waals surface area contributed by atoms with Crippen LogP contribution in [0.15, 0.2) is 66.4 Å². The van der Waals surface area contributed by atoms with E-state index in [0.29, 0.717) is 5.69 Å². The molecule has 3 rings (SSSR count). The van der Waals surface area contributed by atoms with Gasteiger partial charge in [-0.15, -0.1) is 0 Å². The van der Waals surface area contributed by atoms with Crippen LogP contribution in [0.2, 0.25) is 0 Å². The first-order valence-electron chi connectivity index (χ1n) is 8.91. The minimum Gasteiger partial charge on any atom is -0.464 e. The standard InChI is InChI=1S/C21H19F3N2O3/c1-3-29-19(28)20(2)13-17(18(27)26(20)16-10-5-4-6-11-16)25-15-9-7-8-14(12-15)21(22,23)24/h4-13,25H,3H2,1-2H3/t20-/m1/s1. The minimum absolute atomic E-state index is 0.0104. The van der Waals surface area contributed by atoms with Gasteiger partial charge in [0.05, 0.1) is 12.2 Å². The maximum absolute atomic E-state index is 13.1. The summed E-state index contributed by atoms with van der Waals surface area (Å²) in [4.78, 5) is 27.0. The number of ether oxygens (including phenoxy) is 1. The Morgan fingerprint density at radius 1 is 1.14 bits per heavy atom. The molecular formula is C21H19F3N2O3. The number of anilines is 2. The molecule has 0 saturated carbocycles. The van der Waals surface area contributed by atoms with Gasteiger partial charge in [-0.25, -0.2) is 4.79 Å². The zero-order valence-corrected chi connectivity index (χ0v) is 15.8. The van der Waals surface area contributed by atoms with Crippen molar-refractivity contribution in [3.8, 4) is 0 Å². The van der Waals surface area contributed by atoms with Crippen LogP contribution < -0.4 is 10.2 Å². The SMILES string of the molecule is CCOC(=O)[C@@]1(C)C=C(Nc2cccc(C(F)(F)F)c2)C(=O)N1c1ccccc1. The molecule has 0 bridgehead atoms. The summed E-state index contributed by atoms with van der Waals surface area (Å²) >= 11 is 0. The van der Waals surface area contributed by atoms with Crippen LogP contribution in [0.25, 0.3) is 0 Å². The number of hydrogen-bond acceptors (Lipinski definition) is 4. The number of alkyl halides is 3. The van der Waals surface area contributed by atoms with Crippen molar-refractivity contribution in [1.29, 1.82) is 0 Å². The molecule has 1 aliphatic rings. The van der Waals surface area contributed by atoms with Crippen LogP contribution in [0.1, 0.15) is 19.4 Å². The predicted octanol–water partition coefficient (Wildman–Crippen LogP) is 4.37. The number of nitrogens with one attached hydrogen (secondary N) is 1. The van der Waals surface area contributed by atoms with E-state index in [1.165, 1.54) is 30.0 Å². The summed E-state index contributed by atoms with van der Waals surface area (Å²) in [7, 11) is 0. The summed E-state index contributed by atoms with van der Waals surface area (Å²) in [6, 6.07) is 13.0. The molecule has 0 unspecified atom stereocenters. The first kappa shape index (κ1) is 20.4. The molecule has 0 saturated heterocycles. The highest BCUT2D eigenvalue weighted by Crippen LogP contribution is 2.36. The van der Waals surface area contributed by atoms with Crippen molar-refractivity contribution >= 4 is 23.3 Å². The first-order chi connectivity index (χ1) is 13.7. The van der Waals surface area contributed by atoms with Crippen molar-refractivity contribution in [3.63, 3.8) is 0 Å². The lowest BCUT2D eigenvalue weighted by Gasteiger charge is -2.32. The van der Waals surface area contributed by atoms with Crippen molar-refractivity contribution < 1.29 is 27.5 Å². The van der Waals surface area contributed by atoms with Gasteiger partial charge in [-0.3, -0.25) is 9.69 Å². The molecule has 2 aromatic carbocycles. The maximum atomic E-state index is 13.1. The zero-order valence-electron chi connectivity index (χ0n) is 15.8. The van der Waals surface area contributed by atoms with E-state index in [1.54, 1.807) is 37.3 Å². The van der Waals surface area contributed by atoms with Crippen molar-refractivity contribution in [2.45, 2.75) is 25.6 Å². The number of halogens is 3. The topological polar surface area (TPSA) is 58.6 Å². The Balaban J connectivity index is 1.99. The van der Waals surface area contributed by atoms with Gasteiger partial charge in [0.15, 0.2) is 5.54 Å². The first-order valence-corrected chi connectivity index (χ1v) is 8.91. The van der Waals surface area contributed by atoms with Crippen molar-refractivity contribution in [3.05, 3.63) is 71.9 Å². The molecule has 29 heavy (non-hydrogen) atoms. The molecule has 1 amide bonds. The van der Waals surface area contributed by atoms with Gasteiger partial charge in [0.1, 0.15) is 5.70 Å². The molecule has 8 heteroatoms. The van der Waals surface area contributed by atoms with Gasteiger partial charge in [0.2, 0.25) is 0 Å². The van der Waals surface area contributed by atoms with E-state index >= 15 is 0 Å². The highest BCUT2D eigenvalue weighted by molar-refractivity contribution is 6.16. The normalized spacial score (nSPS) is 19.1. The number of benzene rings is 2. The van der Waals surface area contributed by atoms with E-state index in [9.17, 15) is 22.8 Å². The van der Waals surface area contributed by atoms with Crippen LogP contribution >= 0.6 is 0 Å². The average molecular weight is 404 g/mol. The molecule has 1 heterocycles. The summed E-state index contributed by atoms with van der Waals surface area (Å²) in [5.41, 5.74) is -1.76. The predicted molar refractivity (Wildman–Crippen MR) is 102 cm³/mol. The molecule has 0 aliphatic carbocycles. The number of nitrogens with zero attached hydrogens (tertiary/aromatic N) is 1. The van der Waals surface area contributed by atoms with Gasteiger partial charge in [-0.1, -0.05) is 24.3 Å². The van der Waals surface area contributed by atoms with Crippen LogP contribution in [0, 0.1) is 0 Å². The molecular weight excluding hydrogens is 385 g/mol. The highest BCUT2D eigenvalue weighted by atomic mass is 19.4. The van der Waals surface area contributed by atoms with Crippen molar-refractivity contribution in [2.24, 2.45) is 0 Å². The molecule has 0 spiro atoms. The van der Waals surface area contributed by atoms with E-state index in [1.807, 2.05) is 0 Å². The van der Waals surface area contributed by atoms with Gasteiger partial charge in [-0.2, -0.15) is 13.2 Å².